The second-order valence-electron chi connectivity index (χ2n) is 7.39. The summed E-state index contributed by atoms with van der Waals surface area (Å²) in [6, 6.07) is 13.1. The fourth-order valence-electron chi connectivity index (χ4n) is 3.54. The number of hydrogen-bond acceptors (Lipinski definition) is 5. The number of hydrogen-bond donors (Lipinski definition) is 1. The van der Waals surface area contributed by atoms with Crippen LogP contribution in [-0.2, 0) is 14.3 Å². The van der Waals surface area contributed by atoms with Crippen LogP contribution in [0.15, 0.2) is 48.2 Å². The van der Waals surface area contributed by atoms with E-state index in [2.05, 4.69) is 5.32 Å². The molecule has 0 fully saturated rings. The van der Waals surface area contributed by atoms with Crippen LogP contribution in [0.3, 0.4) is 0 Å². The highest BCUT2D eigenvalue weighted by Crippen LogP contribution is 2.32. The van der Waals surface area contributed by atoms with E-state index in [1.807, 2.05) is 70.2 Å². The van der Waals surface area contributed by atoms with Gasteiger partial charge in [0, 0.05) is 25.4 Å². The normalized spacial score (nSPS) is 13.9. The minimum absolute atomic E-state index is 0.293. The minimum Gasteiger partial charge on any atom is -0.494 e. The van der Waals surface area contributed by atoms with E-state index in [-0.39, 0.29) is 11.8 Å². The summed E-state index contributed by atoms with van der Waals surface area (Å²) < 4.78 is 10.9. The van der Waals surface area contributed by atoms with Crippen LogP contribution in [0.2, 0.25) is 0 Å². The maximum absolute atomic E-state index is 13.3. The van der Waals surface area contributed by atoms with Gasteiger partial charge in [-0.2, -0.15) is 0 Å². The van der Waals surface area contributed by atoms with Crippen molar-refractivity contribution in [2.45, 2.75) is 34.1 Å². The predicted molar refractivity (Wildman–Crippen MR) is 122 cm³/mol. The monoisotopic (exact) mass is 422 g/mol. The minimum atomic E-state index is -0.314. The number of nitrogens with one attached hydrogen (secondary N) is 1. The fourth-order valence-corrected chi connectivity index (χ4v) is 3.54. The molecule has 2 aromatic rings. The number of nitrogens with zero attached hydrogens (tertiary/aromatic N) is 1. The summed E-state index contributed by atoms with van der Waals surface area (Å²) >= 11 is 0. The fraction of sp³-hybridized carbons (Fsp3) is 0.360. The molecule has 6 heteroatoms. The Hall–Kier alpha value is -3.12. The van der Waals surface area contributed by atoms with Crippen molar-refractivity contribution in [1.29, 1.82) is 0 Å². The zero-order valence-electron chi connectivity index (χ0n) is 18.7. The van der Waals surface area contributed by atoms with Gasteiger partial charge in [-0.1, -0.05) is 24.3 Å². The zero-order chi connectivity index (χ0) is 22.4. The topological polar surface area (TPSA) is 67.9 Å². The Kier molecular flexibility index (Phi) is 7.47. The third-order valence-electron chi connectivity index (χ3n) is 5.36. The molecule has 1 heterocycles. The van der Waals surface area contributed by atoms with Crippen molar-refractivity contribution >= 4 is 23.1 Å². The Morgan fingerprint density at radius 1 is 0.935 bits per heavy atom. The lowest BCUT2D eigenvalue weighted by molar-refractivity contribution is -0.137. The number of anilines is 1. The molecule has 2 amide bonds. The smallest absolute Gasteiger partial charge is 0.278 e. The van der Waals surface area contributed by atoms with Gasteiger partial charge in [-0.3, -0.25) is 14.5 Å². The highest BCUT2D eigenvalue weighted by Gasteiger charge is 2.39. The third kappa shape index (κ3) is 4.97. The lowest BCUT2D eigenvalue weighted by Gasteiger charge is -2.16. The molecule has 0 atom stereocenters. The Balaban J connectivity index is 1.97. The van der Waals surface area contributed by atoms with Gasteiger partial charge in [0.25, 0.3) is 11.8 Å². The van der Waals surface area contributed by atoms with E-state index in [0.717, 1.165) is 22.6 Å². The molecule has 0 saturated carbocycles. The van der Waals surface area contributed by atoms with Gasteiger partial charge in [0.2, 0.25) is 0 Å². The zero-order valence-corrected chi connectivity index (χ0v) is 18.7. The third-order valence-corrected chi connectivity index (χ3v) is 5.36. The average Bonchev–Trinajstić information content (AvgIpc) is 2.99. The van der Waals surface area contributed by atoms with E-state index in [1.165, 1.54) is 4.90 Å². The van der Waals surface area contributed by atoms with E-state index in [4.69, 9.17) is 9.47 Å². The molecule has 2 aromatic carbocycles. The van der Waals surface area contributed by atoms with Crippen molar-refractivity contribution in [3.05, 3.63) is 64.9 Å². The first-order valence-corrected chi connectivity index (χ1v) is 10.7. The Labute approximate surface area is 183 Å². The maximum Gasteiger partial charge on any atom is 0.278 e. The van der Waals surface area contributed by atoms with Crippen LogP contribution in [0.25, 0.3) is 5.57 Å². The Morgan fingerprint density at radius 2 is 1.68 bits per heavy atom. The van der Waals surface area contributed by atoms with E-state index in [1.54, 1.807) is 0 Å². The van der Waals surface area contributed by atoms with Gasteiger partial charge in [0.05, 0.1) is 12.2 Å². The molecular formula is C25H30N2O4. The molecule has 3 rings (SSSR count). The van der Waals surface area contributed by atoms with Gasteiger partial charge in [0.15, 0.2) is 0 Å². The first-order valence-electron chi connectivity index (χ1n) is 10.7. The SMILES string of the molecule is CCOCCCN1C(=O)C(Nc2cccc(C)c2C)=C(c2ccc(OCC)cc2)C1=O. The van der Waals surface area contributed by atoms with Crippen molar-refractivity contribution in [2.75, 3.05) is 31.7 Å². The van der Waals surface area contributed by atoms with Crippen molar-refractivity contribution in [1.82, 2.24) is 4.90 Å². The predicted octanol–water partition coefficient (Wildman–Crippen LogP) is 4.32. The number of imide groups is 1. The van der Waals surface area contributed by atoms with E-state index in [0.29, 0.717) is 49.6 Å². The number of ether oxygens (including phenoxy) is 2. The molecule has 0 radical (unpaired) electrons. The summed E-state index contributed by atoms with van der Waals surface area (Å²) in [6.07, 6.45) is 0.596. The van der Waals surface area contributed by atoms with Crippen molar-refractivity contribution in [3.63, 3.8) is 0 Å². The van der Waals surface area contributed by atoms with Crippen molar-refractivity contribution < 1.29 is 19.1 Å². The molecule has 0 unspecified atom stereocenters. The maximum atomic E-state index is 13.3. The highest BCUT2D eigenvalue weighted by atomic mass is 16.5. The number of benzene rings is 2. The van der Waals surface area contributed by atoms with Crippen LogP contribution in [0.5, 0.6) is 5.75 Å². The first-order chi connectivity index (χ1) is 15.0. The second kappa shape index (κ2) is 10.3. The van der Waals surface area contributed by atoms with Gasteiger partial charge in [-0.15, -0.1) is 0 Å². The number of rotatable bonds is 10. The van der Waals surface area contributed by atoms with Crippen LogP contribution in [0, 0.1) is 13.8 Å². The number of carbonyl (C=O) groups is 2. The molecule has 164 valence electrons. The summed E-state index contributed by atoms with van der Waals surface area (Å²) in [5.41, 5.74) is 4.33. The molecule has 0 spiro atoms. The van der Waals surface area contributed by atoms with E-state index in [9.17, 15) is 9.59 Å². The lowest BCUT2D eigenvalue weighted by Crippen LogP contribution is -2.34. The van der Waals surface area contributed by atoms with Crippen molar-refractivity contribution in [2.24, 2.45) is 0 Å². The van der Waals surface area contributed by atoms with Gasteiger partial charge < -0.3 is 14.8 Å². The molecule has 0 aromatic heterocycles. The summed E-state index contributed by atoms with van der Waals surface area (Å²) in [5.74, 6) is 0.117. The number of carbonyl (C=O) groups excluding carboxylic acids is 2. The van der Waals surface area contributed by atoms with Crippen molar-refractivity contribution in [3.8, 4) is 5.75 Å². The lowest BCUT2D eigenvalue weighted by atomic mass is 10.0. The molecule has 31 heavy (non-hydrogen) atoms. The average molecular weight is 423 g/mol. The second-order valence-corrected chi connectivity index (χ2v) is 7.39. The van der Waals surface area contributed by atoms with Crippen LogP contribution in [0.4, 0.5) is 5.69 Å². The number of aryl methyl sites for hydroxylation is 1. The molecular weight excluding hydrogens is 392 g/mol. The summed E-state index contributed by atoms with van der Waals surface area (Å²) in [7, 11) is 0. The van der Waals surface area contributed by atoms with Gasteiger partial charge in [-0.05, 0) is 69.0 Å². The molecule has 1 N–H and O–H groups in total. The quantitative estimate of drug-likeness (QED) is 0.456. The number of amides is 2. The summed E-state index contributed by atoms with van der Waals surface area (Å²) in [5, 5.41) is 3.26. The molecule has 0 aliphatic carbocycles. The van der Waals surface area contributed by atoms with Crippen LogP contribution < -0.4 is 10.1 Å². The highest BCUT2D eigenvalue weighted by molar-refractivity contribution is 6.36. The standard InChI is InChI=1S/C25H30N2O4/c1-5-30-16-8-15-27-24(28)22(19-11-13-20(14-12-19)31-6-2)23(25(27)29)26-21-10-7-9-17(3)18(21)4/h7,9-14,26H,5-6,8,15-16H2,1-4H3. The molecule has 1 aliphatic rings. The van der Waals surface area contributed by atoms with E-state index >= 15 is 0 Å². The van der Waals surface area contributed by atoms with Crippen LogP contribution in [0.1, 0.15) is 37.0 Å². The largest absolute Gasteiger partial charge is 0.494 e. The van der Waals surface area contributed by atoms with Crippen LogP contribution in [-0.4, -0.2) is 43.1 Å². The molecule has 0 saturated heterocycles. The summed E-state index contributed by atoms with van der Waals surface area (Å²) in [6.45, 7) is 9.84. The molecule has 0 bridgehead atoms. The van der Waals surface area contributed by atoms with Gasteiger partial charge in [-0.25, -0.2) is 0 Å². The van der Waals surface area contributed by atoms with Gasteiger partial charge in [0.1, 0.15) is 11.4 Å². The van der Waals surface area contributed by atoms with Gasteiger partial charge >= 0.3 is 0 Å². The first kappa shape index (κ1) is 22.6. The Bertz CT molecular complexity index is 980. The molecule has 6 nitrogen and oxygen atoms in total. The Morgan fingerprint density at radius 3 is 2.35 bits per heavy atom. The summed E-state index contributed by atoms with van der Waals surface area (Å²) in [4.78, 5) is 27.8. The van der Waals surface area contributed by atoms with E-state index < -0.39 is 0 Å². The molecule has 1 aliphatic heterocycles. The van der Waals surface area contributed by atoms with Crippen LogP contribution >= 0.6 is 0 Å².